The molecule has 0 radical (unpaired) electrons. The minimum atomic E-state index is -1.02. The third-order valence-corrected chi connectivity index (χ3v) is 3.36. The van der Waals surface area contributed by atoms with E-state index in [0.29, 0.717) is 23.0 Å². The molecule has 3 rings (SSSR count). The number of H-pyrrole nitrogens is 1. The quantitative estimate of drug-likeness (QED) is 0.776. The van der Waals surface area contributed by atoms with Crippen LogP contribution in [0.25, 0.3) is 16.5 Å². The fourth-order valence-corrected chi connectivity index (χ4v) is 2.51. The number of fused-ring (bicyclic) bond motifs is 1. The SMILES string of the molecule is O=C(O)c1[nH]c2ccc(F)cc2c1C1=CCNCC1. The van der Waals surface area contributed by atoms with Crippen LogP contribution in [0, 0.1) is 5.82 Å². The summed E-state index contributed by atoms with van der Waals surface area (Å²) < 4.78 is 13.4. The van der Waals surface area contributed by atoms with Crippen molar-refractivity contribution in [3.8, 4) is 0 Å². The zero-order valence-electron chi connectivity index (χ0n) is 10.2. The molecule has 0 saturated carbocycles. The first-order valence-corrected chi connectivity index (χ1v) is 6.11. The maximum absolute atomic E-state index is 13.4. The van der Waals surface area contributed by atoms with Crippen molar-refractivity contribution in [1.29, 1.82) is 0 Å². The number of nitrogens with one attached hydrogen (secondary N) is 2. The number of aromatic nitrogens is 1. The molecule has 0 unspecified atom stereocenters. The molecule has 0 spiro atoms. The Morgan fingerprint density at radius 2 is 2.21 bits per heavy atom. The highest BCUT2D eigenvalue weighted by Gasteiger charge is 2.21. The van der Waals surface area contributed by atoms with Gasteiger partial charge in [0.2, 0.25) is 0 Å². The topological polar surface area (TPSA) is 65.1 Å². The molecule has 2 aromatic rings. The summed E-state index contributed by atoms with van der Waals surface area (Å²) in [5.41, 5.74) is 2.35. The number of carbonyl (C=O) groups is 1. The van der Waals surface area contributed by atoms with Gasteiger partial charge in [-0.25, -0.2) is 9.18 Å². The Labute approximate surface area is 108 Å². The molecule has 19 heavy (non-hydrogen) atoms. The van der Waals surface area contributed by atoms with Crippen LogP contribution in [0.4, 0.5) is 4.39 Å². The van der Waals surface area contributed by atoms with E-state index in [0.717, 1.165) is 18.5 Å². The molecule has 98 valence electrons. The Hall–Kier alpha value is -2.14. The standard InChI is InChI=1S/C14H13FN2O2/c15-9-1-2-11-10(7-9)12(13(17-11)14(18)19)8-3-5-16-6-4-8/h1-3,7,16-17H,4-6H2,(H,18,19). The van der Waals surface area contributed by atoms with Crippen LogP contribution in [0.3, 0.4) is 0 Å². The van der Waals surface area contributed by atoms with Gasteiger partial charge in [-0.05, 0) is 36.7 Å². The van der Waals surface area contributed by atoms with Crippen molar-refractivity contribution in [1.82, 2.24) is 10.3 Å². The molecule has 0 saturated heterocycles. The van der Waals surface area contributed by atoms with Gasteiger partial charge < -0.3 is 15.4 Å². The summed E-state index contributed by atoms with van der Waals surface area (Å²) in [6.45, 7) is 1.50. The van der Waals surface area contributed by atoms with Gasteiger partial charge in [-0.1, -0.05) is 6.08 Å². The summed E-state index contributed by atoms with van der Waals surface area (Å²) in [5, 5.41) is 13.1. The fourth-order valence-electron chi connectivity index (χ4n) is 2.51. The van der Waals surface area contributed by atoms with Crippen molar-refractivity contribution in [3.05, 3.63) is 41.3 Å². The van der Waals surface area contributed by atoms with Gasteiger partial charge in [0.1, 0.15) is 11.5 Å². The molecule has 0 bridgehead atoms. The van der Waals surface area contributed by atoms with Crippen LogP contribution >= 0.6 is 0 Å². The number of rotatable bonds is 2. The van der Waals surface area contributed by atoms with E-state index in [1.165, 1.54) is 12.1 Å². The first kappa shape index (κ1) is 11.9. The molecule has 0 aliphatic carbocycles. The molecule has 1 aliphatic heterocycles. The number of benzene rings is 1. The molecule has 5 heteroatoms. The Morgan fingerprint density at radius 3 is 2.89 bits per heavy atom. The fraction of sp³-hybridized carbons (Fsp3) is 0.214. The van der Waals surface area contributed by atoms with Gasteiger partial charge in [-0.3, -0.25) is 0 Å². The van der Waals surface area contributed by atoms with Crippen LogP contribution in [0.15, 0.2) is 24.3 Å². The summed E-state index contributed by atoms with van der Waals surface area (Å²) in [4.78, 5) is 14.2. The van der Waals surface area contributed by atoms with Gasteiger partial charge in [0.05, 0.1) is 0 Å². The van der Waals surface area contributed by atoms with E-state index in [2.05, 4.69) is 10.3 Å². The third-order valence-electron chi connectivity index (χ3n) is 3.36. The van der Waals surface area contributed by atoms with Crippen LogP contribution < -0.4 is 5.32 Å². The lowest BCUT2D eigenvalue weighted by atomic mass is 9.97. The molecule has 1 aromatic carbocycles. The molecule has 0 fully saturated rings. The van der Waals surface area contributed by atoms with Crippen molar-refractivity contribution >= 4 is 22.4 Å². The highest BCUT2D eigenvalue weighted by Crippen LogP contribution is 2.32. The van der Waals surface area contributed by atoms with E-state index in [-0.39, 0.29) is 11.5 Å². The molecule has 3 N–H and O–H groups in total. The number of hydrogen-bond donors (Lipinski definition) is 3. The minimum Gasteiger partial charge on any atom is -0.477 e. The minimum absolute atomic E-state index is 0.133. The summed E-state index contributed by atoms with van der Waals surface area (Å²) in [5.74, 6) is -1.38. The third kappa shape index (κ3) is 2.02. The largest absolute Gasteiger partial charge is 0.477 e. The number of halogens is 1. The number of aromatic amines is 1. The molecule has 1 aromatic heterocycles. The summed E-state index contributed by atoms with van der Waals surface area (Å²) >= 11 is 0. The maximum Gasteiger partial charge on any atom is 0.352 e. The Morgan fingerprint density at radius 1 is 1.37 bits per heavy atom. The van der Waals surface area contributed by atoms with Gasteiger partial charge in [-0.15, -0.1) is 0 Å². The van der Waals surface area contributed by atoms with E-state index in [9.17, 15) is 14.3 Å². The van der Waals surface area contributed by atoms with Gasteiger partial charge in [0.15, 0.2) is 0 Å². The number of aromatic carboxylic acids is 1. The van der Waals surface area contributed by atoms with Crippen molar-refractivity contribution < 1.29 is 14.3 Å². The van der Waals surface area contributed by atoms with Gasteiger partial charge in [0.25, 0.3) is 0 Å². The number of hydrogen-bond acceptors (Lipinski definition) is 2. The second kappa shape index (κ2) is 4.51. The lowest BCUT2D eigenvalue weighted by molar-refractivity contribution is 0.0691. The smallest absolute Gasteiger partial charge is 0.352 e. The van der Waals surface area contributed by atoms with Crippen molar-refractivity contribution in [2.75, 3.05) is 13.1 Å². The van der Waals surface area contributed by atoms with Gasteiger partial charge >= 0.3 is 5.97 Å². The first-order chi connectivity index (χ1) is 9.16. The predicted octanol–water partition coefficient (Wildman–Crippen LogP) is 2.38. The molecule has 1 aliphatic rings. The van der Waals surface area contributed by atoms with Crippen molar-refractivity contribution in [3.63, 3.8) is 0 Å². The van der Waals surface area contributed by atoms with E-state index in [4.69, 9.17) is 0 Å². The highest BCUT2D eigenvalue weighted by atomic mass is 19.1. The molecular weight excluding hydrogens is 247 g/mol. The van der Waals surface area contributed by atoms with Crippen LogP contribution in [0.2, 0.25) is 0 Å². The van der Waals surface area contributed by atoms with Gasteiger partial charge in [-0.2, -0.15) is 0 Å². The summed E-state index contributed by atoms with van der Waals surface area (Å²) in [6.07, 6.45) is 2.70. The van der Waals surface area contributed by atoms with Crippen LogP contribution in [-0.2, 0) is 0 Å². The van der Waals surface area contributed by atoms with Crippen molar-refractivity contribution in [2.24, 2.45) is 0 Å². The zero-order valence-corrected chi connectivity index (χ0v) is 10.2. The first-order valence-electron chi connectivity index (χ1n) is 6.11. The summed E-state index contributed by atoms with van der Waals surface area (Å²) in [6, 6.07) is 4.28. The lowest BCUT2D eigenvalue weighted by Gasteiger charge is -2.14. The Bertz CT molecular complexity index is 688. The van der Waals surface area contributed by atoms with Crippen molar-refractivity contribution in [2.45, 2.75) is 6.42 Å². The van der Waals surface area contributed by atoms with E-state index in [1.54, 1.807) is 6.07 Å². The second-order valence-electron chi connectivity index (χ2n) is 4.55. The number of carboxylic acids is 1. The monoisotopic (exact) mass is 260 g/mol. The van der Waals surface area contributed by atoms with E-state index >= 15 is 0 Å². The zero-order chi connectivity index (χ0) is 13.4. The average Bonchev–Trinajstić information content (AvgIpc) is 2.78. The molecule has 2 heterocycles. The van der Waals surface area contributed by atoms with E-state index in [1.807, 2.05) is 6.08 Å². The van der Waals surface area contributed by atoms with E-state index < -0.39 is 5.97 Å². The Kier molecular flexibility index (Phi) is 2.83. The van der Waals surface area contributed by atoms with Gasteiger partial charge in [0, 0.05) is 23.0 Å². The van der Waals surface area contributed by atoms with Crippen LogP contribution in [-0.4, -0.2) is 29.1 Å². The Balaban J connectivity index is 2.29. The molecule has 0 atom stereocenters. The van der Waals surface area contributed by atoms with Crippen LogP contribution in [0.1, 0.15) is 22.5 Å². The lowest BCUT2D eigenvalue weighted by Crippen LogP contribution is -2.20. The second-order valence-corrected chi connectivity index (χ2v) is 4.55. The normalized spacial score (nSPS) is 15.5. The molecule has 4 nitrogen and oxygen atoms in total. The highest BCUT2D eigenvalue weighted by molar-refractivity contribution is 6.04. The number of carboxylic acid groups (broad SMARTS) is 1. The van der Waals surface area contributed by atoms with Crippen LogP contribution in [0.5, 0.6) is 0 Å². The maximum atomic E-state index is 13.4. The summed E-state index contributed by atoms with van der Waals surface area (Å²) in [7, 11) is 0. The molecular formula is C14H13FN2O2. The predicted molar refractivity (Wildman–Crippen MR) is 70.7 cm³/mol. The molecule has 0 amide bonds. The average molecular weight is 260 g/mol.